The summed E-state index contributed by atoms with van der Waals surface area (Å²) in [6.07, 6.45) is 3.13. The molecule has 4 rings (SSSR count). The largest absolute Gasteiger partial charge is 0.465 e. The third-order valence-electron chi connectivity index (χ3n) is 4.15. The highest BCUT2D eigenvalue weighted by Gasteiger charge is 2.19. The lowest BCUT2D eigenvalue weighted by Gasteiger charge is -2.10. The van der Waals surface area contributed by atoms with E-state index in [0.717, 1.165) is 11.1 Å². The molecular weight excluding hydrogens is 390 g/mol. The number of hydrogen-bond donors (Lipinski definition) is 1. The average Bonchev–Trinajstić information content (AvgIpc) is 3.44. The van der Waals surface area contributed by atoms with Crippen molar-refractivity contribution in [3.05, 3.63) is 89.3 Å². The Morgan fingerprint density at radius 3 is 2.59 bits per heavy atom. The maximum absolute atomic E-state index is 13.0. The van der Waals surface area contributed by atoms with Crippen molar-refractivity contribution in [2.45, 2.75) is 6.54 Å². The molecule has 144 valence electrons. The van der Waals surface area contributed by atoms with E-state index >= 15 is 0 Å². The molecule has 0 aliphatic heterocycles. The van der Waals surface area contributed by atoms with Crippen molar-refractivity contribution >= 4 is 29.3 Å². The van der Waals surface area contributed by atoms with Crippen LogP contribution in [0.25, 0.3) is 23.2 Å². The topological polar surface area (TPSA) is 85.8 Å². The van der Waals surface area contributed by atoms with Gasteiger partial charge in [-0.2, -0.15) is 4.68 Å². The first-order valence-corrected chi connectivity index (χ1v) is 9.20. The number of hydrogen-bond acceptors (Lipinski definition) is 5. The van der Waals surface area contributed by atoms with Gasteiger partial charge in [0.25, 0.3) is 5.91 Å². The van der Waals surface area contributed by atoms with E-state index in [1.807, 2.05) is 42.5 Å². The van der Waals surface area contributed by atoms with Gasteiger partial charge in [0.15, 0.2) is 5.82 Å². The second kappa shape index (κ2) is 8.53. The maximum Gasteiger partial charge on any atom is 0.270 e. The third-order valence-corrected chi connectivity index (χ3v) is 4.40. The molecule has 0 saturated carbocycles. The minimum absolute atomic E-state index is 0.234. The lowest BCUT2D eigenvalue weighted by atomic mass is 10.2. The number of nitrogens with zero attached hydrogens (tertiary/aromatic N) is 4. The molecule has 2 aromatic carbocycles. The zero-order valence-electron chi connectivity index (χ0n) is 15.2. The highest BCUT2D eigenvalue weighted by atomic mass is 35.5. The van der Waals surface area contributed by atoms with E-state index in [0.29, 0.717) is 23.2 Å². The zero-order chi connectivity index (χ0) is 20.1. The van der Waals surface area contributed by atoms with Crippen LogP contribution in [0.2, 0.25) is 5.02 Å². The van der Waals surface area contributed by atoms with Gasteiger partial charge in [0, 0.05) is 23.2 Å². The van der Waals surface area contributed by atoms with Crippen LogP contribution in [0.4, 0.5) is 0 Å². The molecule has 0 spiro atoms. The fraction of sp³-hybridized carbons (Fsp3) is 0.0476. The molecule has 7 nitrogen and oxygen atoms in total. The smallest absolute Gasteiger partial charge is 0.270 e. The lowest BCUT2D eigenvalue weighted by Crippen LogP contribution is -2.27. The number of amides is 1. The van der Waals surface area contributed by atoms with Crippen molar-refractivity contribution in [1.29, 1.82) is 0 Å². The van der Waals surface area contributed by atoms with E-state index < -0.39 is 0 Å². The Hall–Kier alpha value is -3.71. The molecule has 0 aliphatic rings. The summed E-state index contributed by atoms with van der Waals surface area (Å²) in [5, 5.41) is 15.4. The van der Waals surface area contributed by atoms with Gasteiger partial charge < -0.3 is 9.73 Å². The van der Waals surface area contributed by atoms with Crippen molar-refractivity contribution in [2.75, 3.05) is 0 Å². The Morgan fingerprint density at radius 2 is 1.86 bits per heavy atom. The van der Waals surface area contributed by atoms with E-state index in [-0.39, 0.29) is 11.6 Å². The quantitative estimate of drug-likeness (QED) is 0.492. The standard InChI is InChI=1S/C21H16ClN5O2/c22-17-10-8-15(9-11-17)14-23-21(28)19(13-18-7-4-12-29-18)27-20(24-25-26-27)16-5-2-1-3-6-16/h1-13H,14H2,(H,23,28)/b19-13-. The normalized spacial score (nSPS) is 11.4. The monoisotopic (exact) mass is 405 g/mol. The minimum atomic E-state index is -0.346. The van der Waals surface area contributed by atoms with Crippen LogP contribution in [0, 0.1) is 0 Å². The molecule has 0 aliphatic carbocycles. The van der Waals surface area contributed by atoms with Crippen LogP contribution in [0.15, 0.2) is 77.4 Å². The summed E-state index contributed by atoms with van der Waals surface area (Å²) in [7, 11) is 0. The highest BCUT2D eigenvalue weighted by Crippen LogP contribution is 2.20. The second-order valence-electron chi connectivity index (χ2n) is 6.13. The first-order valence-electron chi connectivity index (χ1n) is 8.83. The van der Waals surface area contributed by atoms with Crippen LogP contribution in [0.5, 0.6) is 0 Å². The minimum Gasteiger partial charge on any atom is -0.465 e. The molecule has 4 aromatic rings. The van der Waals surface area contributed by atoms with E-state index in [1.54, 1.807) is 30.3 Å². The molecule has 8 heteroatoms. The number of carbonyl (C=O) groups is 1. The summed E-state index contributed by atoms with van der Waals surface area (Å²) >= 11 is 5.92. The van der Waals surface area contributed by atoms with Crippen LogP contribution in [0.1, 0.15) is 11.3 Å². The molecule has 2 heterocycles. The number of tetrazole rings is 1. The van der Waals surface area contributed by atoms with Gasteiger partial charge in [-0.15, -0.1) is 5.10 Å². The Labute approximate surface area is 171 Å². The van der Waals surface area contributed by atoms with Crippen molar-refractivity contribution in [3.8, 4) is 11.4 Å². The number of halogens is 1. The molecule has 0 saturated heterocycles. The van der Waals surface area contributed by atoms with Gasteiger partial charge >= 0.3 is 0 Å². The van der Waals surface area contributed by atoms with Gasteiger partial charge in [-0.05, 0) is 40.3 Å². The number of aromatic nitrogens is 4. The highest BCUT2D eigenvalue weighted by molar-refractivity contribution is 6.30. The predicted octanol–water partition coefficient (Wildman–Crippen LogP) is 3.90. The third kappa shape index (κ3) is 4.41. The number of benzene rings is 2. The number of nitrogens with one attached hydrogen (secondary N) is 1. The first-order chi connectivity index (χ1) is 14.2. The van der Waals surface area contributed by atoms with Crippen molar-refractivity contribution < 1.29 is 9.21 Å². The predicted molar refractivity (Wildman–Crippen MR) is 109 cm³/mol. The maximum atomic E-state index is 13.0. The molecule has 0 fully saturated rings. The molecule has 1 N–H and O–H groups in total. The van der Waals surface area contributed by atoms with Gasteiger partial charge in [0.05, 0.1) is 6.26 Å². The van der Waals surface area contributed by atoms with Crippen LogP contribution >= 0.6 is 11.6 Å². The summed E-state index contributed by atoms with van der Waals surface area (Å²) in [5.74, 6) is 0.613. The first kappa shape index (κ1) is 18.6. The molecule has 0 radical (unpaired) electrons. The fourth-order valence-corrected chi connectivity index (χ4v) is 2.85. The summed E-state index contributed by atoms with van der Waals surface area (Å²) in [4.78, 5) is 13.0. The number of carbonyl (C=O) groups excluding carboxylic acids is 1. The fourth-order valence-electron chi connectivity index (χ4n) is 2.72. The molecular formula is C21H16ClN5O2. The van der Waals surface area contributed by atoms with Crippen LogP contribution in [-0.4, -0.2) is 26.1 Å². The second-order valence-corrected chi connectivity index (χ2v) is 6.57. The van der Waals surface area contributed by atoms with Crippen molar-refractivity contribution in [2.24, 2.45) is 0 Å². The van der Waals surface area contributed by atoms with Gasteiger partial charge in [0.1, 0.15) is 11.5 Å². The van der Waals surface area contributed by atoms with Crippen molar-refractivity contribution in [3.63, 3.8) is 0 Å². The van der Waals surface area contributed by atoms with E-state index in [4.69, 9.17) is 16.0 Å². The van der Waals surface area contributed by atoms with Gasteiger partial charge in [-0.3, -0.25) is 4.79 Å². The van der Waals surface area contributed by atoms with E-state index in [9.17, 15) is 4.79 Å². The zero-order valence-corrected chi connectivity index (χ0v) is 16.0. The molecule has 1 amide bonds. The number of furan rings is 1. The lowest BCUT2D eigenvalue weighted by molar-refractivity contribution is -0.116. The van der Waals surface area contributed by atoms with Crippen LogP contribution in [0.3, 0.4) is 0 Å². The summed E-state index contributed by atoms with van der Waals surface area (Å²) in [6.45, 7) is 0.328. The van der Waals surface area contributed by atoms with Gasteiger partial charge in [-0.25, -0.2) is 0 Å². The molecule has 29 heavy (non-hydrogen) atoms. The molecule has 0 bridgehead atoms. The molecule has 2 aromatic heterocycles. The SMILES string of the molecule is O=C(NCc1ccc(Cl)cc1)/C(=C/c1ccco1)n1nnnc1-c1ccccc1. The Morgan fingerprint density at radius 1 is 1.07 bits per heavy atom. The van der Waals surface area contributed by atoms with Crippen molar-refractivity contribution in [1.82, 2.24) is 25.5 Å². The Bertz CT molecular complexity index is 1120. The van der Waals surface area contributed by atoms with Crippen LogP contribution in [-0.2, 0) is 11.3 Å². The summed E-state index contributed by atoms with van der Waals surface area (Å²) in [6, 6.07) is 20.2. The van der Waals surface area contributed by atoms with E-state index in [2.05, 4.69) is 20.8 Å². The Balaban J connectivity index is 1.65. The Kier molecular flexibility index (Phi) is 5.49. The summed E-state index contributed by atoms with van der Waals surface area (Å²) in [5.41, 5.74) is 1.94. The van der Waals surface area contributed by atoms with Crippen LogP contribution < -0.4 is 5.32 Å². The number of rotatable bonds is 6. The summed E-state index contributed by atoms with van der Waals surface area (Å²) < 4.78 is 6.78. The average molecular weight is 406 g/mol. The van der Waals surface area contributed by atoms with Gasteiger partial charge in [-0.1, -0.05) is 54.1 Å². The molecule has 0 atom stereocenters. The molecule has 0 unspecified atom stereocenters. The van der Waals surface area contributed by atoms with E-state index in [1.165, 1.54) is 10.9 Å². The van der Waals surface area contributed by atoms with Gasteiger partial charge in [0.2, 0.25) is 0 Å².